The number of nitrogens with zero attached hydrogens (tertiary/aromatic N) is 4. The Bertz CT molecular complexity index is 634. The largest absolute Gasteiger partial charge is 0.200 e. The first kappa shape index (κ1) is 9.47. The van der Waals surface area contributed by atoms with Crippen LogP contribution in [0.3, 0.4) is 0 Å². The maximum absolute atomic E-state index is 3.91. The lowest BCUT2D eigenvalue weighted by molar-refractivity contribution is 0.793. The third-order valence-electron chi connectivity index (χ3n) is 2.44. The van der Waals surface area contributed by atoms with E-state index in [0.717, 1.165) is 20.9 Å². The number of tetrazole rings is 1. The van der Waals surface area contributed by atoms with Crippen molar-refractivity contribution in [2.75, 3.05) is 0 Å². The minimum absolute atomic E-state index is 0.976. The van der Waals surface area contributed by atoms with Crippen LogP contribution in [0.4, 0.5) is 0 Å². The van der Waals surface area contributed by atoms with Crippen LogP contribution in [0, 0.1) is 0 Å². The molecular formula is C11H7BrN4. The first-order chi connectivity index (χ1) is 7.86. The van der Waals surface area contributed by atoms with Gasteiger partial charge in [0.05, 0.1) is 5.69 Å². The monoisotopic (exact) mass is 274 g/mol. The Kier molecular flexibility index (Phi) is 2.18. The smallest absolute Gasteiger partial charge is 0.143 e. The van der Waals surface area contributed by atoms with E-state index >= 15 is 0 Å². The number of hydrogen-bond acceptors (Lipinski definition) is 3. The normalized spacial score (nSPS) is 10.8. The Hall–Kier alpha value is -1.75. The van der Waals surface area contributed by atoms with Crippen molar-refractivity contribution in [2.24, 2.45) is 0 Å². The second-order valence-electron chi connectivity index (χ2n) is 3.37. The summed E-state index contributed by atoms with van der Waals surface area (Å²) < 4.78 is 2.73. The quantitative estimate of drug-likeness (QED) is 0.685. The van der Waals surface area contributed by atoms with Crippen LogP contribution < -0.4 is 0 Å². The Morgan fingerprint density at radius 3 is 2.56 bits per heavy atom. The number of halogens is 1. The lowest BCUT2D eigenvalue weighted by Gasteiger charge is -2.06. The van der Waals surface area contributed by atoms with E-state index in [1.54, 1.807) is 11.0 Å². The van der Waals surface area contributed by atoms with Gasteiger partial charge in [-0.2, -0.15) is 4.68 Å². The number of fused-ring (bicyclic) bond motifs is 1. The van der Waals surface area contributed by atoms with E-state index in [1.165, 1.54) is 0 Å². The summed E-state index contributed by atoms with van der Waals surface area (Å²) in [5.41, 5.74) is 0.976. The van der Waals surface area contributed by atoms with Gasteiger partial charge in [0.15, 0.2) is 0 Å². The zero-order valence-electron chi connectivity index (χ0n) is 8.21. The number of aromatic nitrogens is 4. The van der Waals surface area contributed by atoms with Gasteiger partial charge in [-0.1, -0.05) is 40.2 Å². The highest BCUT2D eigenvalue weighted by atomic mass is 79.9. The minimum atomic E-state index is 0.976. The molecule has 4 nitrogen and oxygen atoms in total. The van der Waals surface area contributed by atoms with E-state index < -0.39 is 0 Å². The molecule has 0 bridgehead atoms. The molecule has 3 rings (SSSR count). The van der Waals surface area contributed by atoms with Crippen molar-refractivity contribution in [3.63, 3.8) is 0 Å². The van der Waals surface area contributed by atoms with Gasteiger partial charge in [-0.25, -0.2) is 0 Å². The molecule has 0 fully saturated rings. The molecule has 0 spiro atoms. The predicted octanol–water partition coefficient (Wildman–Crippen LogP) is 2.58. The SMILES string of the molecule is Brc1ccc(-n2cnnn2)c2ccccc12. The molecule has 5 heteroatoms. The third-order valence-corrected chi connectivity index (χ3v) is 3.14. The Morgan fingerprint density at radius 2 is 1.81 bits per heavy atom. The van der Waals surface area contributed by atoms with E-state index in [9.17, 15) is 0 Å². The van der Waals surface area contributed by atoms with Crippen molar-refractivity contribution in [1.82, 2.24) is 20.2 Å². The number of rotatable bonds is 1. The number of hydrogen-bond donors (Lipinski definition) is 0. The van der Waals surface area contributed by atoms with Gasteiger partial charge in [-0.05, 0) is 27.9 Å². The maximum atomic E-state index is 3.91. The van der Waals surface area contributed by atoms with Crippen molar-refractivity contribution in [2.45, 2.75) is 0 Å². The third kappa shape index (κ3) is 1.40. The van der Waals surface area contributed by atoms with Crippen LogP contribution in [0.2, 0.25) is 0 Å². The molecule has 2 aromatic carbocycles. The molecule has 0 aliphatic carbocycles. The van der Waals surface area contributed by atoms with Crippen molar-refractivity contribution >= 4 is 26.7 Å². The van der Waals surface area contributed by atoms with E-state index in [4.69, 9.17) is 0 Å². The van der Waals surface area contributed by atoms with Crippen LogP contribution in [0.1, 0.15) is 0 Å². The van der Waals surface area contributed by atoms with Crippen LogP contribution in [0.5, 0.6) is 0 Å². The molecule has 0 unspecified atom stereocenters. The molecule has 0 aliphatic rings. The van der Waals surface area contributed by atoms with Crippen molar-refractivity contribution in [3.05, 3.63) is 47.2 Å². The van der Waals surface area contributed by atoms with E-state index in [1.807, 2.05) is 24.3 Å². The maximum Gasteiger partial charge on any atom is 0.143 e. The van der Waals surface area contributed by atoms with Gasteiger partial charge in [-0.3, -0.25) is 0 Å². The lowest BCUT2D eigenvalue weighted by Crippen LogP contribution is -1.96. The Balaban J connectivity index is 2.39. The summed E-state index contributed by atoms with van der Waals surface area (Å²) in [6.07, 6.45) is 1.59. The fourth-order valence-electron chi connectivity index (χ4n) is 1.72. The summed E-state index contributed by atoms with van der Waals surface area (Å²) in [4.78, 5) is 0. The summed E-state index contributed by atoms with van der Waals surface area (Å²) >= 11 is 3.53. The number of benzene rings is 2. The van der Waals surface area contributed by atoms with E-state index in [0.29, 0.717) is 0 Å². The van der Waals surface area contributed by atoms with Crippen LogP contribution in [0.15, 0.2) is 47.2 Å². The molecule has 3 aromatic rings. The fourth-order valence-corrected chi connectivity index (χ4v) is 2.20. The highest BCUT2D eigenvalue weighted by molar-refractivity contribution is 9.10. The average Bonchev–Trinajstić information content (AvgIpc) is 2.83. The second kappa shape index (κ2) is 3.68. The van der Waals surface area contributed by atoms with Crippen LogP contribution in [0.25, 0.3) is 16.5 Å². The molecular weight excluding hydrogens is 268 g/mol. The molecule has 0 N–H and O–H groups in total. The van der Waals surface area contributed by atoms with Crippen LogP contribution in [-0.2, 0) is 0 Å². The first-order valence-corrected chi connectivity index (χ1v) is 5.56. The average molecular weight is 275 g/mol. The molecule has 0 atom stereocenters. The molecule has 1 aromatic heterocycles. The first-order valence-electron chi connectivity index (χ1n) is 4.77. The molecule has 78 valence electrons. The zero-order valence-corrected chi connectivity index (χ0v) is 9.79. The molecule has 0 radical (unpaired) electrons. The zero-order chi connectivity index (χ0) is 11.0. The van der Waals surface area contributed by atoms with Crippen molar-refractivity contribution < 1.29 is 0 Å². The molecule has 0 amide bonds. The van der Waals surface area contributed by atoms with Crippen LogP contribution in [-0.4, -0.2) is 20.2 Å². The predicted molar refractivity (Wildman–Crippen MR) is 64.4 cm³/mol. The molecule has 1 heterocycles. The standard InChI is InChI=1S/C11H7BrN4/c12-10-5-6-11(16-7-13-14-15-16)9-4-2-1-3-8(9)10/h1-7H. The summed E-state index contributed by atoms with van der Waals surface area (Å²) in [6, 6.07) is 12.1. The van der Waals surface area contributed by atoms with Gasteiger partial charge < -0.3 is 0 Å². The van der Waals surface area contributed by atoms with Gasteiger partial charge >= 0.3 is 0 Å². The van der Waals surface area contributed by atoms with Gasteiger partial charge in [0, 0.05) is 9.86 Å². The van der Waals surface area contributed by atoms with Gasteiger partial charge in [0.25, 0.3) is 0 Å². The summed E-state index contributed by atoms with van der Waals surface area (Å²) in [7, 11) is 0. The molecule has 0 saturated heterocycles. The highest BCUT2D eigenvalue weighted by Crippen LogP contribution is 2.28. The lowest BCUT2D eigenvalue weighted by atomic mass is 10.1. The van der Waals surface area contributed by atoms with Crippen molar-refractivity contribution in [1.29, 1.82) is 0 Å². The summed E-state index contributed by atoms with van der Waals surface area (Å²) in [5, 5.41) is 13.5. The topological polar surface area (TPSA) is 43.6 Å². The molecule has 0 aliphatic heterocycles. The minimum Gasteiger partial charge on any atom is -0.200 e. The second-order valence-corrected chi connectivity index (χ2v) is 4.22. The van der Waals surface area contributed by atoms with E-state index in [-0.39, 0.29) is 0 Å². The molecule has 0 saturated carbocycles. The Morgan fingerprint density at radius 1 is 1.00 bits per heavy atom. The van der Waals surface area contributed by atoms with Crippen LogP contribution >= 0.6 is 15.9 Å². The van der Waals surface area contributed by atoms with Gasteiger partial charge in [0.1, 0.15) is 6.33 Å². The summed E-state index contributed by atoms with van der Waals surface area (Å²) in [5.74, 6) is 0. The van der Waals surface area contributed by atoms with Gasteiger partial charge in [0.2, 0.25) is 0 Å². The van der Waals surface area contributed by atoms with Crippen molar-refractivity contribution in [3.8, 4) is 5.69 Å². The van der Waals surface area contributed by atoms with E-state index in [2.05, 4.69) is 43.6 Å². The van der Waals surface area contributed by atoms with Gasteiger partial charge in [-0.15, -0.1) is 5.10 Å². The Labute approximate surface area is 100 Å². The highest BCUT2D eigenvalue weighted by Gasteiger charge is 2.06. The summed E-state index contributed by atoms with van der Waals surface area (Å²) in [6.45, 7) is 0. The fraction of sp³-hybridized carbons (Fsp3) is 0. The molecule has 16 heavy (non-hydrogen) atoms.